The fourth-order valence-electron chi connectivity index (χ4n) is 3.83. The van der Waals surface area contributed by atoms with Gasteiger partial charge in [0.25, 0.3) is 5.91 Å². The highest BCUT2D eigenvalue weighted by Crippen LogP contribution is 2.30. The smallest absolute Gasteiger partial charge is 0.261 e. The molecular weight excluding hydrogens is 386 g/mol. The summed E-state index contributed by atoms with van der Waals surface area (Å²) in [5, 5.41) is 9.07. The van der Waals surface area contributed by atoms with E-state index >= 15 is 0 Å². The Morgan fingerprint density at radius 3 is 2.67 bits per heavy atom. The van der Waals surface area contributed by atoms with Crippen LogP contribution in [0.3, 0.4) is 0 Å². The Balaban J connectivity index is 0.00000261. The lowest BCUT2D eigenvalue weighted by Crippen LogP contribution is -2.48. The van der Waals surface area contributed by atoms with Crippen molar-refractivity contribution >= 4 is 35.6 Å². The number of hydrogen-bond donors (Lipinski definition) is 3. The van der Waals surface area contributed by atoms with E-state index in [1.807, 2.05) is 6.07 Å². The highest BCUT2D eigenvalue weighted by molar-refractivity contribution is 7.14. The van der Waals surface area contributed by atoms with Crippen molar-refractivity contribution in [3.8, 4) is 0 Å². The number of halogens is 1. The SMILES string of the molecule is COCC1(CNC(=O)CNC(=O)c2cc3c(s2)CCCC3)CCNCC1.Cl. The molecule has 27 heavy (non-hydrogen) atoms. The van der Waals surface area contributed by atoms with Crippen molar-refractivity contribution in [2.75, 3.05) is 39.9 Å². The van der Waals surface area contributed by atoms with Crippen molar-refractivity contribution in [3.05, 3.63) is 21.4 Å². The van der Waals surface area contributed by atoms with E-state index in [1.165, 1.54) is 23.3 Å². The number of methoxy groups -OCH3 is 1. The van der Waals surface area contributed by atoms with E-state index in [1.54, 1.807) is 18.4 Å². The Morgan fingerprint density at radius 2 is 1.96 bits per heavy atom. The van der Waals surface area contributed by atoms with E-state index in [9.17, 15) is 9.59 Å². The van der Waals surface area contributed by atoms with Crippen LogP contribution in [0.4, 0.5) is 0 Å². The largest absolute Gasteiger partial charge is 0.384 e. The quantitative estimate of drug-likeness (QED) is 0.635. The van der Waals surface area contributed by atoms with Gasteiger partial charge < -0.3 is 20.7 Å². The average Bonchev–Trinajstić information content (AvgIpc) is 3.10. The molecule has 0 spiro atoms. The molecule has 0 bridgehead atoms. The monoisotopic (exact) mass is 415 g/mol. The first kappa shape index (κ1) is 22.1. The van der Waals surface area contributed by atoms with Crippen LogP contribution in [0.2, 0.25) is 0 Å². The minimum atomic E-state index is -0.145. The van der Waals surface area contributed by atoms with Crippen LogP contribution in [0.1, 0.15) is 45.8 Å². The molecule has 0 atom stereocenters. The maximum absolute atomic E-state index is 12.3. The number of hydrogen-bond acceptors (Lipinski definition) is 5. The summed E-state index contributed by atoms with van der Waals surface area (Å²) in [5.41, 5.74) is 1.30. The van der Waals surface area contributed by atoms with E-state index in [2.05, 4.69) is 16.0 Å². The van der Waals surface area contributed by atoms with Crippen LogP contribution in [-0.2, 0) is 22.4 Å². The summed E-state index contributed by atoms with van der Waals surface area (Å²) < 4.78 is 5.37. The number of piperidine rings is 1. The van der Waals surface area contributed by atoms with Gasteiger partial charge in [0.05, 0.1) is 18.0 Å². The summed E-state index contributed by atoms with van der Waals surface area (Å²) in [4.78, 5) is 26.6. The lowest BCUT2D eigenvalue weighted by atomic mass is 9.79. The molecule has 0 unspecified atom stereocenters. The summed E-state index contributed by atoms with van der Waals surface area (Å²) in [7, 11) is 1.70. The maximum atomic E-state index is 12.3. The zero-order chi connectivity index (χ0) is 18.4. The van der Waals surface area contributed by atoms with Crippen LogP contribution in [0.5, 0.6) is 0 Å². The second kappa shape index (κ2) is 10.4. The Hall–Kier alpha value is -1.15. The number of carbonyl (C=O) groups is 2. The van der Waals surface area contributed by atoms with Gasteiger partial charge in [-0.2, -0.15) is 0 Å². The van der Waals surface area contributed by atoms with Crippen molar-refractivity contribution in [2.45, 2.75) is 38.5 Å². The number of carbonyl (C=O) groups excluding carboxylic acids is 2. The standard InChI is InChI=1S/C19H29N3O3S.ClH/c1-25-13-19(6-8-20-9-7-19)12-22-17(23)11-21-18(24)16-10-14-4-2-3-5-15(14)26-16;/h10,20H,2-9,11-13H2,1H3,(H,21,24)(H,22,23);1H. The third kappa shape index (κ3) is 5.91. The van der Waals surface area contributed by atoms with Gasteiger partial charge in [0.2, 0.25) is 5.91 Å². The van der Waals surface area contributed by atoms with E-state index in [0.29, 0.717) is 13.2 Å². The first-order chi connectivity index (χ1) is 12.6. The molecule has 152 valence electrons. The van der Waals surface area contributed by atoms with E-state index in [4.69, 9.17) is 4.74 Å². The number of fused-ring (bicyclic) bond motifs is 1. The predicted molar refractivity (Wildman–Crippen MR) is 110 cm³/mol. The van der Waals surface area contributed by atoms with E-state index in [0.717, 1.165) is 43.6 Å². The van der Waals surface area contributed by atoms with E-state index in [-0.39, 0.29) is 36.2 Å². The molecule has 3 rings (SSSR count). The van der Waals surface area contributed by atoms with Gasteiger partial charge in [-0.05, 0) is 63.2 Å². The van der Waals surface area contributed by atoms with Crippen molar-refractivity contribution in [1.29, 1.82) is 0 Å². The number of ether oxygens (including phenoxy) is 1. The number of amides is 2. The van der Waals surface area contributed by atoms with Crippen LogP contribution >= 0.6 is 23.7 Å². The first-order valence-corrected chi connectivity index (χ1v) is 10.3. The molecule has 0 aromatic carbocycles. The molecule has 1 aliphatic carbocycles. The van der Waals surface area contributed by atoms with Crippen molar-refractivity contribution in [1.82, 2.24) is 16.0 Å². The van der Waals surface area contributed by atoms with Crippen LogP contribution in [0, 0.1) is 5.41 Å². The van der Waals surface area contributed by atoms with Gasteiger partial charge in [0, 0.05) is 23.9 Å². The number of thiophene rings is 1. The molecule has 6 nitrogen and oxygen atoms in total. The summed E-state index contributed by atoms with van der Waals surface area (Å²) in [6.45, 7) is 3.13. The van der Waals surface area contributed by atoms with Crippen molar-refractivity contribution < 1.29 is 14.3 Å². The summed E-state index contributed by atoms with van der Waals surface area (Å²) >= 11 is 1.57. The summed E-state index contributed by atoms with van der Waals surface area (Å²) in [6.07, 6.45) is 6.50. The molecule has 1 fully saturated rings. The molecule has 3 N–H and O–H groups in total. The van der Waals surface area contributed by atoms with Crippen LogP contribution in [0.15, 0.2) is 6.07 Å². The van der Waals surface area contributed by atoms with Crippen LogP contribution in [-0.4, -0.2) is 51.7 Å². The third-order valence-electron chi connectivity index (χ3n) is 5.41. The molecule has 2 amide bonds. The molecule has 0 saturated carbocycles. The van der Waals surface area contributed by atoms with Gasteiger partial charge in [0.15, 0.2) is 0 Å². The molecule has 0 radical (unpaired) electrons. The number of nitrogens with one attached hydrogen (secondary N) is 3. The van der Waals surface area contributed by atoms with Gasteiger partial charge in [0.1, 0.15) is 0 Å². The zero-order valence-corrected chi connectivity index (χ0v) is 17.5. The second-order valence-electron chi connectivity index (χ2n) is 7.41. The molecule has 2 aliphatic rings. The lowest BCUT2D eigenvalue weighted by molar-refractivity contribution is -0.121. The van der Waals surface area contributed by atoms with Crippen molar-refractivity contribution in [3.63, 3.8) is 0 Å². The Morgan fingerprint density at radius 1 is 1.22 bits per heavy atom. The van der Waals surface area contributed by atoms with Gasteiger partial charge in [-0.3, -0.25) is 9.59 Å². The molecular formula is C19H30ClN3O3S. The number of aryl methyl sites for hydroxylation is 2. The summed E-state index contributed by atoms with van der Waals surface area (Å²) in [5.74, 6) is -0.290. The molecule has 1 aromatic heterocycles. The highest BCUT2D eigenvalue weighted by Gasteiger charge is 2.32. The van der Waals surface area contributed by atoms with Gasteiger partial charge in [-0.25, -0.2) is 0 Å². The third-order valence-corrected chi connectivity index (χ3v) is 6.64. The topological polar surface area (TPSA) is 79.5 Å². The fourth-order valence-corrected chi connectivity index (χ4v) is 5.00. The normalized spacial score (nSPS) is 18.1. The molecule has 1 aliphatic heterocycles. The lowest BCUT2D eigenvalue weighted by Gasteiger charge is -2.37. The van der Waals surface area contributed by atoms with Gasteiger partial charge >= 0.3 is 0 Å². The van der Waals surface area contributed by atoms with Crippen LogP contribution in [0.25, 0.3) is 0 Å². The van der Waals surface area contributed by atoms with Gasteiger partial charge in [-0.1, -0.05) is 0 Å². The Labute approximate surface area is 171 Å². The fraction of sp³-hybridized carbons (Fsp3) is 0.684. The number of rotatable bonds is 7. The van der Waals surface area contributed by atoms with Gasteiger partial charge in [-0.15, -0.1) is 23.7 Å². The minimum Gasteiger partial charge on any atom is -0.384 e. The summed E-state index contributed by atoms with van der Waals surface area (Å²) in [6, 6.07) is 2.00. The second-order valence-corrected chi connectivity index (χ2v) is 8.55. The Bertz CT molecular complexity index is 615. The predicted octanol–water partition coefficient (Wildman–Crippen LogP) is 1.91. The minimum absolute atomic E-state index is 0. The maximum Gasteiger partial charge on any atom is 0.261 e. The molecule has 1 saturated heterocycles. The average molecular weight is 416 g/mol. The van der Waals surface area contributed by atoms with Crippen molar-refractivity contribution in [2.24, 2.45) is 5.41 Å². The highest BCUT2D eigenvalue weighted by atomic mass is 35.5. The van der Waals surface area contributed by atoms with E-state index < -0.39 is 0 Å². The molecule has 2 heterocycles. The molecule has 1 aromatic rings. The van der Waals surface area contributed by atoms with Crippen LogP contribution < -0.4 is 16.0 Å². The first-order valence-electron chi connectivity index (χ1n) is 9.48. The zero-order valence-electron chi connectivity index (χ0n) is 15.9. The Kier molecular flexibility index (Phi) is 8.54. The molecule has 8 heteroatoms.